The van der Waals surface area contributed by atoms with Crippen LogP contribution in [0.2, 0.25) is 0 Å². The standard InChI is InChI=1S/C17H30N4/c1-20-11-7-15(8-12-20)9-13-21-14-10-18-17(21)19-16-5-3-2-4-6-16/h10,14-16H,2-9,11-13H2,1H3,(H,18,19). The number of nitrogens with one attached hydrogen (secondary N) is 1. The van der Waals surface area contributed by atoms with Crippen LogP contribution in [0.4, 0.5) is 5.95 Å². The normalized spacial score (nSPS) is 22.5. The first-order valence-corrected chi connectivity index (χ1v) is 8.77. The molecule has 0 aromatic carbocycles. The van der Waals surface area contributed by atoms with Crippen molar-refractivity contribution < 1.29 is 0 Å². The van der Waals surface area contributed by atoms with Crippen molar-refractivity contribution in [2.24, 2.45) is 5.92 Å². The molecule has 1 saturated carbocycles. The lowest BCUT2D eigenvalue weighted by molar-refractivity contribution is 0.208. The first-order valence-electron chi connectivity index (χ1n) is 8.77. The molecule has 1 saturated heterocycles. The molecule has 4 nitrogen and oxygen atoms in total. The predicted octanol–water partition coefficient (Wildman–Crippen LogP) is 3.36. The molecule has 0 spiro atoms. The highest BCUT2D eigenvalue weighted by molar-refractivity contribution is 5.27. The third kappa shape index (κ3) is 4.22. The Morgan fingerprint density at radius 1 is 1.14 bits per heavy atom. The molecule has 1 aromatic rings. The van der Waals surface area contributed by atoms with Crippen LogP contribution in [0.5, 0.6) is 0 Å². The Kier molecular flexibility index (Phi) is 5.17. The summed E-state index contributed by atoms with van der Waals surface area (Å²) in [5, 5.41) is 3.67. The molecule has 1 N–H and O–H groups in total. The van der Waals surface area contributed by atoms with Gasteiger partial charge in [-0.1, -0.05) is 19.3 Å². The Labute approximate surface area is 128 Å². The van der Waals surface area contributed by atoms with E-state index in [-0.39, 0.29) is 0 Å². The van der Waals surface area contributed by atoms with Crippen LogP contribution in [0.3, 0.4) is 0 Å². The van der Waals surface area contributed by atoms with Gasteiger partial charge in [-0.15, -0.1) is 0 Å². The molecular formula is C17H30N4. The fourth-order valence-corrected chi connectivity index (χ4v) is 3.73. The first kappa shape index (κ1) is 14.9. The van der Waals surface area contributed by atoms with Crippen LogP contribution in [0, 0.1) is 5.92 Å². The van der Waals surface area contributed by atoms with Crippen molar-refractivity contribution in [2.75, 3.05) is 25.5 Å². The van der Waals surface area contributed by atoms with E-state index >= 15 is 0 Å². The summed E-state index contributed by atoms with van der Waals surface area (Å²) >= 11 is 0. The van der Waals surface area contributed by atoms with Gasteiger partial charge in [0.1, 0.15) is 0 Å². The van der Waals surface area contributed by atoms with E-state index in [2.05, 4.69) is 33.0 Å². The van der Waals surface area contributed by atoms with Crippen LogP contribution in [0.1, 0.15) is 51.4 Å². The van der Waals surface area contributed by atoms with Gasteiger partial charge in [-0.3, -0.25) is 0 Å². The van der Waals surface area contributed by atoms with Crippen molar-refractivity contribution in [2.45, 2.75) is 64.0 Å². The monoisotopic (exact) mass is 290 g/mol. The van der Waals surface area contributed by atoms with E-state index in [4.69, 9.17) is 0 Å². The van der Waals surface area contributed by atoms with Crippen molar-refractivity contribution in [1.29, 1.82) is 0 Å². The van der Waals surface area contributed by atoms with E-state index < -0.39 is 0 Å². The lowest BCUT2D eigenvalue weighted by atomic mass is 9.94. The Balaban J connectivity index is 1.48. The maximum Gasteiger partial charge on any atom is 0.202 e. The lowest BCUT2D eigenvalue weighted by Gasteiger charge is -2.29. The number of imidazole rings is 1. The van der Waals surface area contributed by atoms with E-state index in [9.17, 15) is 0 Å². The predicted molar refractivity (Wildman–Crippen MR) is 87.6 cm³/mol. The number of rotatable bonds is 5. The molecule has 4 heteroatoms. The van der Waals surface area contributed by atoms with Gasteiger partial charge in [0.2, 0.25) is 5.95 Å². The maximum atomic E-state index is 4.53. The fraction of sp³-hybridized carbons (Fsp3) is 0.824. The molecule has 1 aliphatic carbocycles. The van der Waals surface area contributed by atoms with Crippen LogP contribution in [-0.4, -0.2) is 40.6 Å². The summed E-state index contributed by atoms with van der Waals surface area (Å²) in [5.41, 5.74) is 0. The highest BCUT2D eigenvalue weighted by Crippen LogP contribution is 2.23. The van der Waals surface area contributed by atoms with Crippen molar-refractivity contribution in [3.63, 3.8) is 0 Å². The summed E-state index contributed by atoms with van der Waals surface area (Å²) in [6.45, 7) is 3.65. The number of piperidine rings is 1. The van der Waals surface area contributed by atoms with Gasteiger partial charge >= 0.3 is 0 Å². The zero-order valence-electron chi connectivity index (χ0n) is 13.4. The summed E-state index contributed by atoms with van der Waals surface area (Å²) in [5.74, 6) is 1.99. The minimum absolute atomic E-state index is 0.642. The number of anilines is 1. The molecule has 0 bridgehead atoms. The molecule has 2 heterocycles. The molecule has 2 fully saturated rings. The second-order valence-corrected chi connectivity index (χ2v) is 6.96. The first-order chi connectivity index (χ1) is 10.3. The number of hydrogen-bond donors (Lipinski definition) is 1. The number of aromatic nitrogens is 2. The third-order valence-corrected chi connectivity index (χ3v) is 5.27. The molecule has 1 aliphatic heterocycles. The van der Waals surface area contributed by atoms with Gasteiger partial charge < -0.3 is 14.8 Å². The van der Waals surface area contributed by atoms with Crippen LogP contribution < -0.4 is 5.32 Å². The number of hydrogen-bond acceptors (Lipinski definition) is 3. The summed E-state index contributed by atoms with van der Waals surface area (Å²) in [6, 6.07) is 0.642. The molecule has 1 aromatic heterocycles. The average molecular weight is 290 g/mol. The second-order valence-electron chi connectivity index (χ2n) is 6.96. The Hall–Kier alpha value is -1.03. The van der Waals surface area contributed by atoms with E-state index in [1.807, 2.05) is 6.20 Å². The van der Waals surface area contributed by atoms with Gasteiger partial charge in [0.25, 0.3) is 0 Å². The van der Waals surface area contributed by atoms with Gasteiger partial charge in [0, 0.05) is 25.0 Å². The van der Waals surface area contributed by atoms with Crippen molar-refractivity contribution >= 4 is 5.95 Å². The van der Waals surface area contributed by atoms with Crippen LogP contribution >= 0.6 is 0 Å². The Morgan fingerprint density at radius 3 is 2.67 bits per heavy atom. The van der Waals surface area contributed by atoms with Crippen LogP contribution in [0.25, 0.3) is 0 Å². The summed E-state index contributed by atoms with van der Waals surface area (Å²) in [6.07, 6.45) is 14.9. The molecule has 118 valence electrons. The third-order valence-electron chi connectivity index (χ3n) is 5.27. The zero-order chi connectivity index (χ0) is 14.5. The molecule has 0 atom stereocenters. The van der Waals surface area contributed by atoms with Gasteiger partial charge in [0.05, 0.1) is 0 Å². The van der Waals surface area contributed by atoms with E-state index in [1.165, 1.54) is 64.5 Å². The fourth-order valence-electron chi connectivity index (χ4n) is 3.73. The summed E-state index contributed by atoms with van der Waals surface area (Å²) in [4.78, 5) is 6.98. The van der Waals surface area contributed by atoms with Gasteiger partial charge in [-0.2, -0.15) is 0 Å². The van der Waals surface area contributed by atoms with Gasteiger partial charge in [0.15, 0.2) is 0 Å². The second kappa shape index (κ2) is 7.30. The van der Waals surface area contributed by atoms with Crippen LogP contribution in [-0.2, 0) is 6.54 Å². The smallest absolute Gasteiger partial charge is 0.202 e. The minimum Gasteiger partial charge on any atom is -0.353 e. The van der Waals surface area contributed by atoms with Crippen molar-refractivity contribution in [3.8, 4) is 0 Å². The molecule has 21 heavy (non-hydrogen) atoms. The zero-order valence-corrected chi connectivity index (χ0v) is 13.4. The van der Waals surface area contributed by atoms with Crippen molar-refractivity contribution in [1.82, 2.24) is 14.5 Å². The average Bonchev–Trinajstić information content (AvgIpc) is 2.95. The number of aryl methyl sites for hydroxylation is 1. The SMILES string of the molecule is CN1CCC(CCn2ccnc2NC2CCCCC2)CC1. The largest absolute Gasteiger partial charge is 0.353 e. The van der Waals surface area contributed by atoms with E-state index in [0.717, 1.165) is 18.4 Å². The molecule has 2 aliphatic rings. The highest BCUT2D eigenvalue weighted by atomic mass is 15.2. The molecule has 0 radical (unpaired) electrons. The number of nitrogens with zero attached hydrogens (tertiary/aromatic N) is 3. The Bertz CT molecular complexity index is 414. The quantitative estimate of drug-likeness (QED) is 0.902. The Morgan fingerprint density at radius 2 is 1.90 bits per heavy atom. The van der Waals surface area contributed by atoms with Crippen LogP contribution in [0.15, 0.2) is 12.4 Å². The highest BCUT2D eigenvalue weighted by Gasteiger charge is 2.18. The molecule has 0 unspecified atom stereocenters. The van der Waals surface area contributed by atoms with E-state index in [0.29, 0.717) is 6.04 Å². The summed E-state index contributed by atoms with van der Waals surface area (Å²) in [7, 11) is 2.23. The molecule has 3 rings (SSSR count). The van der Waals surface area contributed by atoms with Gasteiger partial charge in [-0.05, 0) is 58.2 Å². The van der Waals surface area contributed by atoms with E-state index in [1.54, 1.807) is 0 Å². The number of likely N-dealkylation sites (tertiary alicyclic amines) is 1. The topological polar surface area (TPSA) is 33.1 Å². The van der Waals surface area contributed by atoms with Crippen molar-refractivity contribution in [3.05, 3.63) is 12.4 Å². The molecule has 0 amide bonds. The lowest BCUT2D eigenvalue weighted by Crippen LogP contribution is -2.30. The maximum absolute atomic E-state index is 4.53. The van der Waals surface area contributed by atoms with Gasteiger partial charge in [-0.25, -0.2) is 4.98 Å². The minimum atomic E-state index is 0.642. The summed E-state index contributed by atoms with van der Waals surface area (Å²) < 4.78 is 2.33. The molecular weight excluding hydrogens is 260 g/mol.